The summed E-state index contributed by atoms with van der Waals surface area (Å²) in [5, 5.41) is 8.84. The summed E-state index contributed by atoms with van der Waals surface area (Å²) >= 11 is 5.91. The number of hydrogen-bond donors (Lipinski definition) is 0. The molecule has 0 saturated heterocycles. The van der Waals surface area contributed by atoms with E-state index < -0.39 is 0 Å². The van der Waals surface area contributed by atoms with E-state index >= 15 is 0 Å². The second-order valence-corrected chi connectivity index (χ2v) is 6.81. The Labute approximate surface area is 161 Å². The van der Waals surface area contributed by atoms with Crippen LogP contribution in [0.1, 0.15) is 29.1 Å². The van der Waals surface area contributed by atoms with Crippen LogP contribution in [0.3, 0.4) is 0 Å². The van der Waals surface area contributed by atoms with Crippen LogP contribution in [-0.4, -0.2) is 34.2 Å². The number of benzene rings is 2. The quantitative estimate of drug-likeness (QED) is 0.638. The molecule has 1 heterocycles. The van der Waals surface area contributed by atoms with Crippen LogP contribution in [0.25, 0.3) is 11.5 Å². The van der Waals surface area contributed by atoms with Crippen molar-refractivity contribution >= 4 is 17.5 Å². The van der Waals surface area contributed by atoms with Crippen LogP contribution in [0.15, 0.2) is 52.9 Å². The van der Waals surface area contributed by atoms with E-state index in [1.165, 1.54) is 0 Å². The van der Waals surface area contributed by atoms with Crippen molar-refractivity contribution in [2.45, 2.75) is 25.4 Å². The number of carbonyl (C=O) groups is 1. The second kappa shape index (κ2) is 7.40. The molecule has 0 atom stereocenters. The van der Waals surface area contributed by atoms with Crippen molar-refractivity contribution in [2.24, 2.45) is 0 Å². The Bertz CT molecular complexity index is 951. The molecule has 138 valence electrons. The molecular weight excluding hydrogens is 366 g/mol. The summed E-state index contributed by atoms with van der Waals surface area (Å²) in [6.07, 6.45) is 1.94. The molecule has 1 saturated carbocycles. The van der Waals surface area contributed by atoms with Crippen molar-refractivity contribution in [2.75, 3.05) is 7.11 Å². The minimum Gasteiger partial charge on any atom is -0.496 e. The predicted octanol–water partition coefficient (Wildman–Crippen LogP) is 4.20. The highest BCUT2D eigenvalue weighted by molar-refractivity contribution is 6.30. The average Bonchev–Trinajstić information content (AvgIpc) is 3.44. The lowest BCUT2D eigenvalue weighted by Crippen LogP contribution is -2.33. The first-order valence-corrected chi connectivity index (χ1v) is 9.06. The number of ether oxygens (including phenoxy) is 1. The van der Waals surface area contributed by atoms with Gasteiger partial charge in [0.15, 0.2) is 0 Å². The molecule has 0 unspecified atom stereocenters. The largest absolute Gasteiger partial charge is 0.496 e. The first-order chi connectivity index (χ1) is 13.2. The van der Waals surface area contributed by atoms with Gasteiger partial charge in [0.25, 0.3) is 5.91 Å². The summed E-state index contributed by atoms with van der Waals surface area (Å²) in [6, 6.07) is 14.6. The summed E-state index contributed by atoms with van der Waals surface area (Å²) in [5.74, 6) is 1.26. The van der Waals surface area contributed by atoms with Gasteiger partial charge in [-0.2, -0.15) is 0 Å². The van der Waals surface area contributed by atoms with Gasteiger partial charge in [-0.3, -0.25) is 4.79 Å². The Balaban J connectivity index is 1.56. The van der Waals surface area contributed by atoms with E-state index in [-0.39, 0.29) is 18.5 Å². The maximum atomic E-state index is 13.1. The summed E-state index contributed by atoms with van der Waals surface area (Å²) in [6.45, 7) is 0.266. The molecule has 4 rings (SSSR count). The highest BCUT2D eigenvalue weighted by Gasteiger charge is 2.35. The number of methoxy groups -OCH3 is 1. The molecule has 0 N–H and O–H groups in total. The van der Waals surface area contributed by atoms with Gasteiger partial charge in [0.05, 0.1) is 19.2 Å². The van der Waals surface area contributed by atoms with E-state index in [2.05, 4.69) is 10.2 Å². The predicted molar refractivity (Wildman–Crippen MR) is 101 cm³/mol. The molecular formula is C20H18ClN3O3. The normalized spacial score (nSPS) is 13.4. The first-order valence-electron chi connectivity index (χ1n) is 8.68. The zero-order valence-corrected chi connectivity index (χ0v) is 15.5. The second-order valence-electron chi connectivity index (χ2n) is 6.37. The van der Waals surface area contributed by atoms with Crippen LogP contribution in [0.4, 0.5) is 0 Å². The molecule has 1 aliphatic carbocycles. The number of aromatic nitrogens is 2. The van der Waals surface area contributed by atoms with Gasteiger partial charge >= 0.3 is 0 Å². The fourth-order valence-electron chi connectivity index (χ4n) is 2.90. The molecule has 3 aromatic rings. The van der Waals surface area contributed by atoms with Crippen molar-refractivity contribution in [1.29, 1.82) is 0 Å². The lowest BCUT2D eigenvalue weighted by Gasteiger charge is -2.21. The maximum absolute atomic E-state index is 13.1. The van der Waals surface area contributed by atoms with Crippen LogP contribution in [0.5, 0.6) is 5.75 Å². The van der Waals surface area contributed by atoms with Gasteiger partial charge in [0.2, 0.25) is 11.8 Å². The highest BCUT2D eigenvalue weighted by Crippen LogP contribution is 2.32. The third-order valence-electron chi connectivity index (χ3n) is 4.45. The molecule has 0 radical (unpaired) electrons. The van der Waals surface area contributed by atoms with Gasteiger partial charge in [-0.25, -0.2) is 0 Å². The van der Waals surface area contributed by atoms with Gasteiger partial charge < -0.3 is 14.1 Å². The molecule has 1 fully saturated rings. The number of rotatable bonds is 6. The van der Waals surface area contributed by atoms with Gasteiger partial charge in [-0.1, -0.05) is 23.7 Å². The number of nitrogens with zero attached hydrogens (tertiary/aromatic N) is 3. The van der Waals surface area contributed by atoms with E-state index in [0.717, 1.165) is 18.4 Å². The van der Waals surface area contributed by atoms with E-state index in [9.17, 15) is 4.79 Å². The number of carbonyl (C=O) groups excluding carboxylic acids is 1. The maximum Gasteiger partial charge on any atom is 0.258 e. The van der Waals surface area contributed by atoms with Gasteiger partial charge in [-0.15, -0.1) is 10.2 Å². The molecule has 1 aromatic heterocycles. The van der Waals surface area contributed by atoms with Crippen molar-refractivity contribution < 1.29 is 13.9 Å². The zero-order valence-electron chi connectivity index (χ0n) is 14.8. The fourth-order valence-corrected chi connectivity index (χ4v) is 3.03. The minimum absolute atomic E-state index is 0.0961. The van der Waals surface area contributed by atoms with Gasteiger partial charge in [0.1, 0.15) is 5.75 Å². The SMILES string of the molecule is COc1ccccc1C(=O)N(Cc1nnc(-c2ccc(Cl)cc2)o1)C1CC1. The first kappa shape index (κ1) is 17.5. The number of amides is 1. The monoisotopic (exact) mass is 383 g/mol. The summed E-state index contributed by atoms with van der Waals surface area (Å²) < 4.78 is 11.1. The molecule has 1 aliphatic rings. The van der Waals surface area contributed by atoms with Crippen LogP contribution in [0.2, 0.25) is 5.02 Å². The van der Waals surface area contributed by atoms with Crippen LogP contribution < -0.4 is 4.74 Å². The summed E-state index contributed by atoms with van der Waals surface area (Å²) in [7, 11) is 1.56. The van der Waals surface area contributed by atoms with E-state index in [0.29, 0.717) is 28.1 Å². The van der Waals surface area contributed by atoms with Crippen LogP contribution >= 0.6 is 11.6 Å². The van der Waals surface area contributed by atoms with E-state index in [1.807, 2.05) is 24.3 Å². The third kappa shape index (κ3) is 3.80. The number of hydrogen-bond acceptors (Lipinski definition) is 5. The molecule has 0 bridgehead atoms. The summed E-state index contributed by atoms with van der Waals surface area (Å²) in [5.41, 5.74) is 1.32. The van der Waals surface area contributed by atoms with Crippen molar-refractivity contribution in [1.82, 2.24) is 15.1 Å². The highest BCUT2D eigenvalue weighted by atomic mass is 35.5. The Morgan fingerprint density at radius 1 is 1.19 bits per heavy atom. The molecule has 0 aliphatic heterocycles. The van der Waals surface area contributed by atoms with Gasteiger partial charge in [0, 0.05) is 16.6 Å². The molecule has 27 heavy (non-hydrogen) atoms. The van der Waals surface area contributed by atoms with Crippen LogP contribution in [-0.2, 0) is 6.54 Å². The van der Waals surface area contributed by atoms with Crippen molar-refractivity contribution in [3.8, 4) is 17.2 Å². The smallest absolute Gasteiger partial charge is 0.258 e. The Morgan fingerprint density at radius 2 is 1.93 bits per heavy atom. The molecule has 7 heteroatoms. The molecule has 1 amide bonds. The molecule has 6 nitrogen and oxygen atoms in total. The van der Waals surface area contributed by atoms with Crippen molar-refractivity contribution in [3.05, 3.63) is 65.0 Å². The topological polar surface area (TPSA) is 68.5 Å². The van der Waals surface area contributed by atoms with E-state index in [4.69, 9.17) is 20.8 Å². The lowest BCUT2D eigenvalue weighted by atomic mass is 10.1. The Kier molecular flexibility index (Phi) is 4.81. The van der Waals surface area contributed by atoms with Crippen LogP contribution in [0, 0.1) is 0 Å². The van der Waals surface area contributed by atoms with Crippen molar-refractivity contribution in [3.63, 3.8) is 0 Å². The molecule has 2 aromatic carbocycles. The third-order valence-corrected chi connectivity index (χ3v) is 4.70. The fraction of sp³-hybridized carbons (Fsp3) is 0.250. The summed E-state index contributed by atoms with van der Waals surface area (Å²) in [4.78, 5) is 14.8. The zero-order chi connectivity index (χ0) is 18.8. The van der Waals surface area contributed by atoms with Gasteiger partial charge in [-0.05, 0) is 49.2 Å². The van der Waals surface area contributed by atoms with E-state index in [1.54, 1.807) is 36.3 Å². The Morgan fingerprint density at radius 3 is 2.63 bits per heavy atom. The number of para-hydroxylation sites is 1. The Hall–Kier alpha value is -2.86. The number of halogens is 1. The standard InChI is InChI=1S/C20H18ClN3O3/c1-26-17-5-3-2-4-16(17)20(25)24(15-10-11-15)12-18-22-23-19(27-18)13-6-8-14(21)9-7-13/h2-9,15H,10-12H2,1H3. The molecule has 0 spiro atoms. The minimum atomic E-state index is -0.0961. The average molecular weight is 384 g/mol. The lowest BCUT2D eigenvalue weighted by molar-refractivity contribution is 0.0711.